The molecular formula is C21H25FN2O4S. The number of hydrogen-bond donors (Lipinski definition) is 1. The molecule has 2 aromatic rings. The van der Waals surface area contributed by atoms with Gasteiger partial charge in [0.05, 0.1) is 10.6 Å². The molecule has 0 heterocycles. The summed E-state index contributed by atoms with van der Waals surface area (Å²) in [7, 11) is -0.434. The summed E-state index contributed by atoms with van der Waals surface area (Å²) in [6.45, 7) is 3.28. The highest BCUT2D eigenvalue weighted by atomic mass is 32.2. The number of amides is 2. The molecule has 0 spiro atoms. The number of halogens is 1. The number of anilines is 1. The molecule has 0 aromatic heterocycles. The molecule has 1 atom stereocenters. The maximum Gasteiger partial charge on any atom is 0.255 e. The van der Waals surface area contributed by atoms with E-state index in [1.165, 1.54) is 47.4 Å². The molecule has 0 radical (unpaired) electrons. The monoisotopic (exact) mass is 420 g/mol. The number of rotatable bonds is 7. The van der Waals surface area contributed by atoms with Crippen LogP contribution in [0.5, 0.6) is 0 Å². The minimum atomic E-state index is -3.67. The fourth-order valence-electron chi connectivity index (χ4n) is 2.77. The van der Waals surface area contributed by atoms with E-state index in [0.29, 0.717) is 11.3 Å². The molecule has 0 aliphatic heterocycles. The molecule has 2 aromatic carbocycles. The van der Waals surface area contributed by atoms with Gasteiger partial charge in [-0.25, -0.2) is 12.8 Å². The lowest BCUT2D eigenvalue weighted by Gasteiger charge is -2.15. The lowest BCUT2D eigenvalue weighted by atomic mass is 10.1. The number of carbonyl (C=O) groups excluding carboxylic acids is 2. The van der Waals surface area contributed by atoms with Crippen LogP contribution in [0.15, 0.2) is 47.4 Å². The van der Waals surface area contributed by atoms with Crippen LogP contribution in [-0.4, -0.2) is 45.0 Å². The van der Waals surface area contributed by atoms with Crippen LogP contribution < -0.4 is 5.32 Å². The molecular weight excluding hydrogens is 395 g/mol. The van der Waals surface area contributed by atoms with Crippen LogP contribution in [0, 0.1) is 18.7 Å². The Morgan fingerprint density at radius 3 is 2.45 bits per heavy atom. The Morgan fingerprint density at radius 2 is 1.83 bits per heavy atom. The Morgan fingerprint density at radius 1 is 1.14 bits per heavy atom. The molecule has 2 rings (SSSR count). The third-order valence-electron chi connectivity index (χ3n) is 4.40. The van der Waals surface area contributed by atoms with Gasteiger partial charge in [-0.05, 0) is 54.8 Å². The maximum atomic E-state index is 13.4. The van der Waals surface area contributed by atoms with Crippen molar-refractivity contribution in [3.63, 3.8) is 0 Å². The summed E-state index contributed by atoms with van der Waals surface area (Å²) in [5.41, 5.74) is 0.975. The summed E-state index contributed by atoms with van der Waals surface area (Å²) in [6, 6.07) is 9.91. The Kier molecular flexibility index (Phi) is 7.13. The van der Waals surface area contributed by atoms with Crippen LogP contribution in [0.3, 0.4) is 0 Å². The zero-order valence-corrected chi connectivity index (χ0v) is 17.7. The van der Waals surface area contributed by atoms with Crippen molar-refractivity contribution in [2.75, 3.05) is 25.2 Å². The average Bonchev–Trinajstić information content (AvgIpc) is 2.64. The van der Waals surface area contributed by atoms with Gasteiger partial charge in [-0.1, -0.05) is 13.0 Å². The second-order valence-electron chi connectivity index (χ2n) is 7.32. The van der Waals surface area contributed by atoms with Crippen molar-refractivity contribution < 1.29 is 22.4 Å². The van der Waals surface area contributed by atoms with Crippen molar-refractivity contribution in [2.45, 2.75) is 25.2 Å². The van der Waals surface area contributed by atoms with Crippen LogP contribution in [0.1, 0.15) is 29.3 Å². The van der Waals surface area contributed by atoms with E-state index in [1.54, 1.807) is 27.9 Å². The number of benzene rings is 2. The topological polar surface area (TPSA) is 83.5 Å². The highest BCUT2D eigenvalue weighted by Gasteiger charge is 2.22. The normalized spacial score (nSPS) is 12.3. The van der Waals surface area contributed by atoms with Crippen molar-refractivity contribution in [1.82, 2.24) is 4.90 Å². The van der Waals surface area contributed by atoms with Gasteiger partial charge in [0.1, 0.15) is 5.82 Å². The summed E-state index contributed by atoms with van der Waals surface area (Å²) in [6.07, 6.45) is 0.121. The highest BCUT2D eigenvalue weighted by Crippen LogP contribution is 2.19. The van der Waals surface area contributed by atoms with Gasteiger partial charge in [-0.3, -0.25) is 9.59 Å². The first-order chi connectivity index (χ1) is 13.5. The largest absolute Gasteiger partial charge is 0.349 e. The molecule has 1 N–H and O–H groups in total. The van der Waals surface area contributed by atoms with Crippen LogP contribution in [0.4, 0.5) is 10.1 Å². The molecule has 0 fully saturated rings. The molecule has 1 unspecified atom stereocenters. The molecule has 6 nitrogen and oxygen atoms in total. The van der Waals surface area contributed by atoms with E-state index in [9.17, 15) is 22.4 Å². The highest BCUT2D eigenvalue weighted by molar-refractivity contribution is 7.91. The SMILES string of the molecule is Cc1cc(NC(=O)c2cccc(S(=O)(=O)CC(C)CC(=O)N(C)C)c2)ccc1F. The molecule has 0 saturated heterocycles. The molecule has 0 saturated carbocycles. The Hall–Kier alpha value is -2.74. The predicted octanol–water partition coefficient (Wildman–Crippen LogP) is 3.27. The zero-order valence-electron chi connectivity index (χ0n) is 16.9. The van der Waals surface area contributed by atoms with Crippen molar-refractivity contribution in [3.05, 3.63) is 59.4 Å². The molecule has 29 heavy (non-hydrogen) atoms. The smallest absolute Gasteiger partial charge is 0.255 e. The fourth-order valence-corrected chi connectivity index (χ4v) is 4.42. The fraction of sp³-hybridized carbons (Fsp3) is 0.333. The van der Waals surface area contributed by atoms with Crippen LogP contribution in [0.2, 0.25) is 0 Å². The van der Waals surface area contributed by atoms with E-state index in [0.717, 1.165) is 0 Å². The number of aryl methyl sites for hydroxylation is 1. The lowest BCUT2D eigenvalue weighted by molar-refractivity contribution is -0.129. The first kappa shape index (κ1) is 22.5. The van der Waals surface area contributed by atoms with E-state index in [4.69, 9.17) is 0 Å². The summed E-state index contributed by atoms with van der Waals surface area (Å²) in [5.74, 6) is -1.58. The molecule has 0 aliphatic carbocycles. The van der Waals surface area contributed by atoms with E-state index in [1.807, 2.05) is 0 Å². The number of nitrogens with zero attached hydrogens (tertiary/aromatic N) is 1. The van der Waals surface area contributed by atoms with Crippen molar-refractivity contribution >= 4 is 27.3 Å². The molecule has 0 aliphatic rings. The van der Waals surface area contributed by atoms with Crippen molar-refractivity contribution in [2.24, 2.45) is 5.92 Å². The zero-order chi connectivity index (χ0) is 21.8. The van der Waals surface area contributed by atoms with Gasteiger partial charge in [-0.2, -0.15) is 0 Å². The van der Waals surface area contributed by atoms with Crippen LogP contribution in [0.25, 0.3) is 0 Å². The maximum absolute atomic E-state index is 13.4. The van der Waals surface area contributed by atoms with Gasteiger partial charge < -0.3 is 10.2 Å². The van der Waals surface area contributed by atoms with Gasteiger partial charge in [0.2, 0.25) is 5.91 Å². The van der Waals surface area contributed by atoms with Gasteiger partial charge in [0, 0.05) is 31.8 Å². The first-order valence-corrected chi connectivity index (χ1v) is 10.8. The summed E-state index contributed by atoms with van der Waals surface area (Å²) >= 11 is 0. The van der Waals surface area contributed by atoms with Gasteiger partial charge in [0.25, 0.3) is 5.91 Å². The number of nitrogens with one attached hydrogen (secondary N) is 1. The minimum absolute atomic E-state index is 0.0181. The third-order valence-corrected chi connectivity index (χ3v) is 6.38. The standard InChI is InChI=1S/C21H25FN2O4S/c1-14(10-20(25)24(3)4)13-29(27,28)18-7-5-6-16(12-18)21(26)23-17-8-9-19(22)15(2)11-17/h5-9,11-12,14H,10,13H2,1-4H3,(H,23,26). The number of carbonyl (C=O) groups is 2. The van der Waals surface area contributed by atoms with Crippen LogP contribution >= 0.6 is 0 Å². The second-order valence-corrected chi connectivity index (χ2v) is 9.36. The quantitative estimate of drug-likeness (QED) is 0.745. The third kappa shape index (κ3) is 6.12. The second kappa shape index (κ2) is 9.17. The Labute approximate surface area is 170 Å². The Balaban J connectivity index is 2.15. The van der Waals surface area contributed by atoms with E-state index >= 15 is 0 Å². The number of sulfone groups is 1. The van der Waals surface area contributed by atoms with E-state index in [2.05, 4.69) is 5.32 Å². The van der Waals surface area contributed by atoms with Crippen molar-refractivity contribution in [1.29, 1.82) is 0 Å². The first-order valence-electron chi connectivity index (χ1n) is 9.10. The Bertz CT molecular complexity index is 1020. The molecule has 8 heteroatoms. The average molecular weight is 421 g/mol. The predicted molar refractivity (Wildman–Crippen MR) is 110 cm³/mol. The van der Waals surface area contributed by atoms with Gasteiger partial charge in [-0.15, -0.1) is 0 Å². The molecule has 156 valence electrons. The van der Waals surface area contributed by atoms with E-state index < -0.39 is 15.7 Å². The van der Waals surface area contributed by atoms with Crippen LogP contribution in [-0.2, 0) is 14.6 Å². The van der Waals surface area contributed by atoms with Gasteiger partial charge >= 0.3 is 0 Å². The lowest BCUT2D eigenvalue weighted by Crippen LogP contribution is -2.26. The van der Waals surface area contributed by atoms with Gasteiger partial charge in [0.15, 0.2) is 9.84 Å². The van der Waals surface area contributed by atoms with E-state index in [-0.39, 0.29) is 40.3 Å². The minimum Gasteiger partial charge on any atom is -0.349 e. The summed E-state index contributed by atoms with van der Waals surface area (Å²) in [4.78, 5) is 25.7. The number of hydrogen-bond acceptors (Lipinski definition) is 4. The molecule has 2 amide bonds. The summed E-state index contributed by atoms with van der Waals surface area (Å²) < 4.78 is 38.8. The molecule has 0 bridgehead atoms. The summed E-state index contributed by atoms with van der Waals surface area (Å²) in [5, 5.41) is 2.63. The van der Waals surface area contributed by atoms with Crippen molar-refractivity contribution in [3.8, 4) is 0 Å².